The van der Waals surface area contributed by atoms with Crippen molar-refractivity contribution in [2.75, 3.05) is 6.61 Å². The number of H-pyrrole nitrogens is 1. The lowest BCUT2D eigenvalue weighted by Crippen LogP contribution is -1.99. The summed E-state index contributed by atoms with van der Waals surface area (Å²) in [6.45, 7) is 0.787. The molecule has 1 saturated carbocycles. The lowest BCUT2D eigenvalue weighted by atomic mass is 10.5. The Morgan fingerprint density at radius 3 is 3.20 bits per heavy atom. The molecule has 1 aromatic heterocycles. The smallest absolute Gasteiger partial charge is 0.312 e. The van der Waals surface area contributed by atoms with Crippen LogP contribution in [0.15, 0.2) is 6.33 Å². The van der Waals surface area contributed by atoms with Gasteiger partial charge in [0.15, 0.2) is 0 Å². The fraction of sp³-hybridized carbons (Fsp3) is 0.667. The Bertz CT molecular complexity index is 193. The zero-order valence-electron chi connectivity index (χ0n) is 5.58. The summed E-state index contributed by atoms with van der Waals surface area (Å²) >= 11 is 0. The van der Waals surface area contributed by atoms with Crippen LogP contribution in [0.5, 0.6) is 6.01 Å². The highest BCUT2D eigenvalue weighted by atomic mass is 16.5. The van der Waals surface area contributed by atoms with Crippen molar-refractivity contribution in [2.24, 2.45) is 5.92 Å². The summed E-state index contributed by atoms with van der Waals surface area (Å²) in [5.41, 5.74) is 0. The molecule has 54 valence electrons. The molecule has 0 spiro atoms. The van der Waals surface area contributed by atoms with Gasteiger partial charge in [-0.1, -0.05) is 0 Å². The largest absolute Gasteiger partial charge is 0.463 e. The molecule has 1 fully saturated rings. The second-order valence-corrected chi connectivity index (χ2v) is 2.55. The van der Waals surface area contributed by atoms with E-state index >= 15 is 0 Å². The molecule has 0 amide bonds. The van der Waals surface area contributed by atoms with E-state index in [0.717, 1.165) is 12.5 Å². The van der Waals surface area contributed by atoms with E-state index in [1.807, 2.05) is 0 Å². The van der Waals surface area contributed by atoms with Crippen LogP contribution in [0.2, 0.25) is 0 Å². The molecule has 0 aliphatic heterocycles. The van der Waals surface area contributed by atoms with Gasteiger partial charge >= 0.3 is 6.01 Å². The molecule has 1 heterocycles. The van der Waals surface area contributed by atoms with Crippen LogP contribution < -0.4 is 4.74 Å². The first-order valence-electron chi connectivity index (χ1n) is 3.43. The standard InChI is InChI=1S/C6H9N3O/c1-2-5(1)3-10-6-7-4-8-9-6/h4-5H,1-3H2,(H,7,8,9). The maximum absolute atomic E-state index is 5.24. The van der Waals surface area contributed by atoms with Crippen LogP contribution in [0, 0.1) is 5.92 Å². The summed E-state index contributed by atoms with van der Waals surface area (Å²) in [7, 11) is 0. The molecule has 0 saturated heterocycles. The number of nitrogens with zero attached hydrogens (tertiary/aromatic N) is 2. The Morgan fingerprint density at radius 2 is 2.60 bits per heavy atom. The third-order valence-electron chi connectivity index (χ3n) is 1.55. The van der Waals surface area contributed by atoms with E-state index in [0.29, 0.717) is 6.01 Å². The molecule has 0 aromatic carbocycles. The summed E-state index contributed by atoms with van der Waals surface area (Å²) in [6.07, 6.45) is 4.05. The molecule has 1 aromatic rings. The highest BCUT2D eigenvalue weighted by Gasteiger charge is 2.22. The quantitative estimate of drug-likeness (QED) is 0.666. The monoisotopic (exact) mass is 139 g/mol. The molecule has 1 aliphatic rings. The van der Waals surface area contributed by atoms with Crippen LogP contribution in [-0.4, -0.2) is 21.8 Å². The lowest BCUT2D eigenvalue weighted by molar-refractivity contribution is 0.277. The van der Waals surface area contributed by atoms with Gasteiger partial charge in [-0.2, -0.15) is 10.1 Å². The number of hydrogen-bond donors (Lipinski definition) is 1. The van der Waals surface area contributed by atoms with Gasteiger partial charge in [0.25, 0.3) is 0 Å². The maximum atomic E-state index is 5.24. The molecule has 4 heteroatoms. The van der Waals surface area contributed by atoms with Gasteiger partial charge in [-0.3, -0.25) is 0 Å². The Hall–Kier alpha value is -1.06. The van der Waals surface area contributed by atoms with Crippen LogP contribution in [0.4, 0.5) is 0 Å². The predicted molar refractivity (Wildman–Crippen MR) is 34.6 cm³/mol. The van der Waals surface area contributed by atoms with Crippen LogP contribution in [0.1, 0.15) is 12.8 Å². The van der Waals surface area contributed by atoms with Gasteiger partial charge in [0, 0.05) is 0 Å². The van der Waals surface area contributed by atoms with E-state index < -0.39 is 0 Å². The summed E-state index contributed by atoms with van der Waals surface area (Å²) in [5, 5.41) is 6.30. The van der Waals surface area contributed by atoms with E-state index in [4.69, 9.17) is 4.74 Å². The number of nitrogens with one attached hydrogen (secondary N) is 1. The van der Waals surface area contributed by atoms with E-state index in [1.165, 1.54) is 19.2 Å². The Morgan fingerprint density at radius 1 is 1.70 bits per heavy atom. The summed E-state index contributed by atoms with van der Waals surface area (Å²) in [6, 6.07) is 0.534. The van der Waals surface area contributed by atoms with Gasteiger partial charge in [-0.15, -0.1) is 0 Å². The number of aromatic nitrogens is 3. The van der Waals surface area contributed by atoms with Gasteiger partial charge in [0.1, 0.15) is 6.33 Å². The van der Waals surface area contributed by atoms with E-state index in [2.05, 4.69) is 15.2 Å². The van der Waals surface area contributed by atoms with Crippen LogP contribution in [0.3, 0.4) is 0 Å². The third-order valence-corrected chi connectivity index (χ3v) is 1.55. The average Bonchev–Trinajstić information content (AvgIpc) is 2.63. The highest BCUT2D eigenvalue weighted by molar-refractivity contribution is 4.87. The zero-order chi connectivity index (χ0) is 6.81. The molecule has 1 N–H and O–H groups in total. The second kappa shape index (κ2) is 2.28. The molecule has 0 bridgehead atoms. The van der Waals surface area contributed by atoms with Crippen molar-refractivity contribution in [3.05, 3.63) is 6.33 Å². The first kappa shape index (κ1) is 5.70. The zero-order valence-corrected chi connectivity index (χ0v) is 5.58. The van der Waals surface area contributed by atoms with Gasteiger partial charge in [-0.05, 0) is 18.8 Å². The normalized spacial score (nSPS) is 17.2. The SMILES string of the molecule is c1n[nH]c(OCC2CC2)n1. The lowest BCUT2D eigenvalue weighted by Gasteiger charge is -1.96. The van der Waals surface area contributed by atoms with Crippen molar-refractivity contribution >= 4 is 0 Å². The number of aromatic amines is 1. The van der Waals surface area contributed by atoms with Crippen molar-refractivity contribution in [2.45, 2.75) is 12.8 Å². The molecule has 10 heavy (non-hydrogen) atoms. The van der Waals surface area contributed by atoms with Gasteiger partial charge in [0.2, 0.25) is 0 Å². The fourth-order valence-electron chi connectivity index (χ4n) is 0.745. The van der Waals surface area contributed by atoms with Gasteiger partial charge < -0.3 is 4.74 Å². The van der Waals surface area contributed by atoms with Gasteiger partial charge in [-0.25, -0.2) is 5.10 Å². The van der Waals surface area contributed by atoms with E-state index in [9.17, 15) is 0 Å². The summed E-state index contributed by atoms with van der Waals surface area (Å²) < 4.78 is 5.24. The first-order chi connectivity index (χ1) is 4.95. The number of hydrogen-bond acceptors (Lipinski definition) is 3. The fourth-order valence-corrected chi connectivity index (χ4v) is 0.745. The van der Waals surface area contributed by atoms with Crippen molar-refractivity contribution in [1.82, 2.24) is 15.2 Å². The molecular formula is C6H9N3O. The van der Waals surface area contributed by atoms with Gasteiger partial charge in [0.05, 0.1) is 6.61 Å². The van der Waals surface area contributed by atoms with Crippen molar-refractivity contribution in [1.29, 1.82) is 0 Å². The van der Waals surface area contributed by atoms with Crippen LogP contribution in [0.25, 0.3) is 0 Å². The molecule has 4 nitrogen and oxygen atoms in total. The Balaban J connectivity index is 1.79. The molecule has 2 rings (SSSR count). The third kappa shape index (κ3) is 1.26. The van der Waals surface area contributed by atoms with Crippen molar-refractivity contribution in [3.63, 3.8) is 0 Å². The Labute approximate surface area is 58.6 Å². The molecule has 0 radical (unpaired) electrons. The van der Waals surface area contributed by atoms with E-state index in [1.54, 1.807) is 0 Å². The maximum Gasteiger partial charge on any atom is 0.312 e. The molecular weight excluding hydrogens is 130 g/mol. The number of ether oxygens (including phenoxy) is 1. The van der Waals surface area contributed by atoms with Crippen molar-refractivity contribution in [3.8, 4) is 6.01 Å². The minimum absolute atomic E-state index is 0.534. The molecule has 1 aliphatic carbocycles. The van der Waals surface area contributed by atoms with Crippen molar-refractivity contribution < 1.29 is 4.74 Å². The average molecular weight is 139 g/mol. The molecule has 0 atom stereocenters. The summed E-state index contributed by atoms with van der Waals surface area (Å²) in [5.74, 6) is 0.769. The minimum atomic E-state index is 0.534. The predicted octanol–water partition coefficient (Wildman–Crippen LogP) is 0.593. The Kier molecular flexibility index (Phi) is 1.30. The minimum Gasteiger partial charge on any atom is -0.463 e. The highest BCUT2D eigenvalue weighted by Crippen LogP contribution is 2.28. The van der Waals surface area contributed by atoms with Crippen LogP contribution in [-0.2, 0) is 0 Å². The topological polar surface area (TPSA) is 50.8 Å². The molecule has 0 unspecified atom stereocenters. The van der Waals surface area contributed by atoms with E-state index in [-0.39, 0.29) is 0 Å². The number of rotatable bonds is 3. The second-order valence-electron chi connectivity index (χ2n) is 2.55. The summed E-state index contributed by atoms with van der Waals surface area (Å²) in [4.78, 5) is 3.83. The van der Waals surface area contributed by atoms with Crippen LogP contribution >= 0.6 is 0 Å². The first-order valence-corrected chi connectivity index (χ1v) is 3.43.